The van der Waals surface area contributed by atoms with Crippen molar-refractivity contribution in [3.05, 3.63) is 48.0 Å². The van der Waals surface area contributed by atoms with Gasteiger partial charge < -0.3 is 19.1 Å². The van der Waals surface area contributed by atoms with Gasteiger partial charge in [0.05, 0.1) is 25.2 Å². The van der Waals surface area contributed by atoms with E-state index in [1.165, 1.54) is 0 Å². The molecule has 2 aromatic rings. The molecule has 1 aliphatic heterocycles. The summed E-state index contributed by atoms with van der Waals surface area (Å²) in [5.41, 5.74) is 1.21. The van der Waals surface area contributed by atoms with E-state index in [4.69, 9.17) is 9.47 Å². The van der Waals surface area contributed by atoms with Crippen LogP contribution in [0.15, 0.2) is 36.8 Å². The minimum absolute atomic E-state index is 0.207. The van der Waals surface area contributed by atoms with Crippen LogP contribution in [0.25, 0.3) is 0 Å². The zero-order chi connectivity index (χ0) is 17.0. The van der Waals surface area contributed by atoms with Gasteiger partial charge in [0.1, 0.15) is 18.0 Å². The number of aryl methyl sites for hydroxylation is 2. The number of benzene rings is 1. The van der Waals surface area contributed by atoms with Gasteiger partial charge in [0.25, 0.3) is 0 Å². The molecule has 3 rings (SSSR count). The van der Waals surface area contributed by atoms with Crippen molar-refractivity contribution in [1.29, 1.82) is 0 Å². The minimum atomic E-state index is -1.03. The second kappa shape index (κ2) is 7.34. The highest BCUT2D eigenvalue weighted by atomic mass is 16.5. The Balaban J connectivity index is 1.63. The van der Waals surface area contributed by atoms with Crippen LogP contribution in [-0.4, -0.2) is 58.1 Å². The second-order valence-electron chi connectivity index (χ2n) is 6.59. The van der Waals surface area contributed by atoms with Crippen LogP contribution in [0.2, 0.25) is 0 Å². The highest BCUT2D eigenvalue weighted by molar-refractivity contribution is 5.27. The van der Waals surface area contributed by atoms with Crippen molar-refractivity contribution in [1.82, 2.24) is 14.5 Å². The van der Waals surface area contributed by atoms with Gasteiger partial charge in [0.15, 0.2) is 0 Å². The highest BCUT2D eigenvalue weighted by Gasteiger charge is 2.33. The summed E-state index contributed by atoms with van der Waals surface area (Å²) in [5.74, 6) is 0.769. The van der Waals surface area contributed by atoms with Gasteiger partial charge in [-0.05, 0) is 24.6 Å². The molecule has 0 radical (unpaired) electrons. The summed E-state index contributed by atoms with van der Waals surface area (Å²) in [7, 11) is 1.98. The van der Waals surface area contributed by atoms with Gasteiger partial charge in [-0.25, -0.2) is 4.98 Å². The Morgan fingerprint density at radius 2 is 2.29 bits per heavy atom. The lowest BCUT2D eigenvalue weighted by atomic mass is 10.1. The molecule has 1 aromatic carbocycles. The first-order chi connectivity index (χ1) is 11.5. The van der Waals surface area contributed by atoms with Crippen LogP contribution in [0.1, 0.15) is 11.3 Å². The summed E-state index contributed by atoms with van der Waals surface area (Å²) in [5, 5.41) is 10.9. The third kappa shape index (κ3) is 4.35. The van der Waals surface area contributed by atoms with E-state index in [0.29, 0.717) is 13.2 Å². The van der Waals surface area contributed by atoms with Crippen LogP contribution in [0.3, 0.4) is 0 Å². The number of ether oxygens (including phenoxy) is 2. The van der Waals surface area contributed by atoms with Crippen molar-refractivity contribution in [2.45, 2.75) is 19.1 Å². The van der Waals surface area contributed by atoms with E-state index in [1.807, 2.05) is 49.0 Å². The van der Waals surface area contributed by atoms with E-state index in [2.05, 4.69) is 9.88 Å². The molecule has 1 unspecified atom stereocenters. The number of rotatable bonds is 5. The quantitative estimate of drug-likeness (QED) is 0.897. The van der Waals surface area contributed by atoms with Gasteiger partial charge in [-0.2, -0.15) is 0 Å². The molecule has 0 saturated carbocycles. The Kier molecular flexibility index (Phi) is 5.18. The molecule has 24 heavy (non-hydrogen) atoms. The first kappa shape index (κ1) is 17.0. The monoisotopic (exact) mass is 331 g/mol. The number of nitrogens with zero attached hydrogens (tertiary/aromatic N) is 3. The summed E-state index contributed by atoms with van der Waals surface area (Å²) in [6.45, 7) is 5.12. The zero-order valence-corrected chi connectivity index (χ0v) is 14.3. The molecule has 130 valence electrons. The van der Waals surface area contributed by atoms with Crippen LogP contribution in [-0.2, 0) is 18.3 Å². The summed E-state index contributed by atoms with van der Waals surface area (Å²) in [6, 6.07) is 7.84. The number of aromatic nitrogens is 2. The predicted molar refractivity (Wildman–Crippen MR) is 90.9 cm³/mol. The maximum atomic E-state index is 10.9. The topological polar surface area (TPSA) is 59.8 Å². The van der Waals surface area contributed by atoms with Crippen LogP contribution < -0.4 is 4.74 Å². The summed E-state index contributed by atoms with van der Waals surface area (Å²) >= 11 is 0. The summed E-state index contributed by atoms with van der Waals surface area (Å²) < 4.78 is 13.4. The van der Waals surface area contributed by atoms with Gasteiger partial charge in [-0.1, -0.05) is 12.1 Å². The van der Waals surface area contributed by atoms with Crippen molar-refractivity contribution in [3.8, 4) is 5.75 Å². The van der Waals surface area contributed by atoms with Gasteiger partial charge in [0.2, 0.25) is 0 Å². The number of hydrogen-bond donors (Lipinski definition) is 1. The average molecular weight is 331 g/mol. The van der Waals surface area contributed by atoms with Crippen LogP contribution in [0.4, 0.5) is 0 Å². The number of aliphatic hydroxyl groups is 1. The van der Waals surface area contributed by atoms with Crippen molar-refractivity contribution in [2.24, 2.45) is 7.05 Å². The predicted octanol–water partition coefficient (Wildman–Crippen LogP) is 1.37. The highest BCUT2D eigenvalue weighted by Crippen LogP contribution is 2.19. The fourth-order valence-corrected chi connectivity index (χ4v) is 2.91. The Morgan fingerprint density at radius 3 is 3.04 bits per heavy atom. The standard InChI is InChI=1S/C18H25N3O3/c1-15-4-3-5-17(8-15)24-13-18(22)11-21(6-7-23-12-18)10-16-9-19-14-20(16)2/h3-5,8-9,14,22H,6-7,10-13H2,1-2H3. The summed E-state index contributed by atoms with van der Waals surface area (Å²) in [6.07, 6.45) is 3.64. The summed E-state index contributed by atoms with van der Waals surface area (Å²) in [4.78, 5) is 6.33. The lowest BCUT2D eigenvalue weighted by Gasteiger charge is -2.30. The average Bonchev–Trinajstić information content (AvgIpc) is 2.85. The molecule has 0 aliphatic carbocycles. The fourth-order valence-electron chi connectivity index (χ4n) is 2.91. The Hall–Kier alpha value is -1.89. The van der Waals surface area contributed by atoms with E-state index in [1.54, 1.807) is 6.33 Å². The molecule has 1 fully saturated rings. The number of β-amino-alcohol motifs (C(OH)–C–C–N with tert-alkyl or cyclic N) is 1. The Morgan fingerprint density at radius 1 is 1.42 bits per heavy atom. The van der Waals surface area contributed by atoms with E-state index in [9.17, 15) is 5.11 Å². The van der Waals surface area contributed by atoms with E-state index < -0.39 is 5.60 Å². The maximum Gasteiger partial charge on any atom is 0.134 e. The molecule has 0 spiro atoms. The SMILES string of the molecule is Cc1cccc(OCC2(O)COCCN(Cc3cncn3C)C2)c1. The van der Waals surface area contributed by atoms with Gasteiger partial charge in [-0.3, -0.25) is 4.90 Å². The van der Waals surface area contributed by atoms with E-state index in [0.717, 1.165) is 30.1 Å². The first-order valence-corrected chi connectivity index (χ1v) is 8.21. The third-order valence-corrected chi connectivity index (χ3v) is 4.24. The van der Waals surface area contributed by atoms with Crippen LogP contribution in [0, 0.1) is 6.92 Å². The molecular formula is C18H25N3O3. The Bertz CT molecular complexity index is 673. The van der Waals surface area contributed by atoms with Crippen molar-refractivity contribution in [2.75, 3.05) is 32.9 Å². The van der Waals surface area contributed by atoms with Crippen LogP contribution in [0.5, 0.6) is 5.75 Å². The molecule has 1 aliphatic rings. The molecule has 0 amide bonds. The molecule has 2 heterocycles. The second-order valence-corrected chi connectivity index (χ2v) is 6.59. The Labute approximate surface area is 142 Å². The molecule has 6 heteroatoms. The molecular weight excluding hydrogens is 306 g/mol. The van der Waals surface area contributed by atoms with E-state index >= 15 is 0 Å². The van der Waals surface area contributed by atoms with Gasteiger partial charge in [0, 0.05) is 32.9 Å². The molecule has 1 N–H and O–H groups in total. The minimum Gasteiger partial charge on any atom is -0.490 e. The lowest BCUT2D eigenvalue weighted by molar-refractivity contribution is -0.0647. The van der Waals surface area contributed by atoms with E-state index in [-0.39, 0.29) is 13.2 Å². The van der Waals surface area contributed by atoms with Crippen molar-refractivity contribution in [3.63, 3.8) is 0 Å². The molecule has 1 saturated heterocycles. The van der Waals surface area contributed by atoms with Gasteiger partial charge >= 0.3 is 0 Å². The zero-order valence-electron chi connectivity index (χ0n) is 14.3. The molecule has 6 nitrogen and oxygen atoms in total. The van der Waals surface area contributed by atoms with Crippen molar-refractivity contribution >= 4 is 0 Å². The van der Waals surface area contributed by atoms with Crippen LogP contribution >= 0.6 is 0 Å². The molecule has 1 aromatic heterocycles. The first-order valence-electron chi connectivity index (χ1n) is 8.21. The third-order valence-electron chi connectivity index (χ3n) is 4.24. The normalized spacial score (nSPS) is 22.3. The fraction of sp³-hybridized carbons (Fsp3) is 0.500. The number of hydrogen-bond acceptors (Lipinski definition) is 5. The molecule has 0 bridgehead atoms. The van der Waals surface area contributed by atoms with Crippen molar-refractivity contribution < 1.29 is 14.6 Å². The largest absolute Gasteiger partial charge is 0.490 e. The lowest BCUT2D eigenvalue weighted by Crippen LogP contribution is -2.48. The smallest absolute Gasteiger partial charge is 0.134 e. The van der Waals surface area contributed by atoms with Gasteiger partial charge in [-0.15, -0.1) is 0 Å². The maximum absolute atomic E-state index is 10.9. The number of imidazole rings is 1. The molecule has 1 atom stereocenters.